The highest BCUT2D eigenvalue weighted by atomic mass is 31.2. The molecule has 6 heteroatoms. The summed E-state index contributed by atoms with van der Waals surface area (Å²) in [4.78, 5) is 11.6. The van der Waals surface area contributed by atoms with Crippen molar-refractivity contribution in [3.8, 4) is 5.75 Å². The van der Waals surface area contributed by atoms with Gasteiger partial charge < -0.3 is 14.0 Å². The maximum Gasteiger partial charge on any atom is 0.320 e. The number of esters is 1. The van der Waals surface area contributed by atoms with Crippen LogP contribution in [0.2, 0.25) is 0 Å². The smallest absolute Gasteiger partial charge is 0.320 e. The Bertz CT molecular complexity index is 493. The first-order valence-electron chi connectivity index (χ1n) is 8.37. The second-order valence-corrected chi connectivity index (χ2v) is 7.62. The van der Waals surface area contributed by atoms with Crippen LogP contribution < -0.4 is 9.61 Å². The summed E-state index contributed by atoms with van der Waals surface area (Å²) in [6, 6.07) is 6.26. The third-order valence-corrected chi connectivity index (χ3v) is 4.88. The molecule has 1 rings (SSSR count). The molecule has 1 aromatic rings. The second-order valence-electron chi connectivity index (χ2n) is 6.10. The highest BCUT2D eigenvalue weighted by molar-refractivity contribution is 7.50. The number of nitrogens with one attached hydrogen (secondary N) is 1. The summed E-state index contributed by atoms with van der Waals surface area (Å²) in [5, 5.41) is 3.13. The molecular formula is C18H30NO4P. The van der Waals surface area contributed by atoms with Crippen molar-refractivity contribution in [2.45, 2.75) is 46.5 Å². The lowest BCUT2D eigenvalue weighted by molar-refractivity contribution is -0.141. The van der Waals surface area contributed by atoms with Gasteiger partial charge in [-0.25, -0.2) is 0 Å². The van der Waals surface area contributed by atoms with Crippen molar-refractivity contribution in [2.24, 2.45) is 0 Å². The number of ether oxygens (including phenoxy) is 2. The summed E-state index contributed by atoms with van der Waals surface area (Å²) in [6.45, 7) is 10.9. The average molecular weight is 355 g/mol. The van der Waals surface area contributed by atoms with E-state index < -0.39 is 8.30 Å². The molecular weight excluding hydrogens is 325 g/mol. The first kappa shape index (κ1) is 20.9. The third-order valence-electron chi connectivity index (χ3n) is 3.47. The van der Waals surface area contributed by atoms with Crippen molar-refractivity contribution < 1.29 is 18.8 Å². The zero-order chi connectivity index (χ0) is 18.1. The van der Waals surface area contributed by atoms with Crippen LogP contribution in [0.3, 0.4) is 0 Å². The highest BCUT2D eigenvalue weighted by Gasteiger charge is 2.20. The van der Waals surface area contributed by atoms with Crippen molar-refractivity contribution in [3.63, 3.8) is 0 Å². The molecule has 0 aliphatic heterocycles. The summed E-state index contributed by atoms with van der Waals surface area (Å²) in [5.74, 6) is 1.32. The summed E-state index contributed by atoms with van der Waals surface area (Å²) in [6.07, 6.45) is 0.401. The number of rotatable bonds is 10. The average Bonchev–Trinajstić information content (AvgIpc) is 2.52. The molecule has 1 aromatic carbocycles. The number of carbonyl (C=O) groups excluding carboxylic acids is 1. The minimum atomic E-state index is -1.14. The summed E-state index contributed by atoms with van der Waals surface area (Å²) < 4.78 is 16.5. The summed E-state index contributed by atoms with van der Waals surface area (Å²) in [5.41, 5.74) is 2.34. The maximum atomic E-state index is 11.6. The number of hydrogen-bond acceptors (Lipinski definition) is 5. The number of methoxy groups -OCH3 is 1. The van der Waals surface area contributed by atoms with Crippen LogP contribution in [0.5, 0.6) is 5.75 Å². The zero-order valence-electron chi connectivity index (χ0n) is 15.6. The first-order valence-corrected chi connectivity index (χ1v) is 9.81. The van der Waals surface area contributed by atoms with E-state index in [1.807, 2.05) is 0 Å². The van der Waals surface area contributed by atoms with Crippen LogP contribution >= 0.6 is 8.30 Å². The normalized spacial score (nSPS) is 12.5. The minimum absolute atomic E-state index is 0.115. The molecule has 1 N–H and O–H groups in total. The Hall–Kier alpha value is -1.16. The Balaban J connectivity index is 2.97. The van der Waals surface area contributed by atoms with Crippen LogP contribution in [0.4, 0.5) is 0 Å². The molecule has 0 radical (unpaired) electrons. The van der Waals surface area contributed by atoms with E-state index in [1.165, 1.54) is 11.1 Å². The fourth-order valence-corrected chi connectivity index (χ4v) is 3.46. The standard InChI is InChI=1S/C18H30NO4P/c1-7-22-17(20)11-19-24(12-21-6)23-18-15(13(2)3)9-8-10-16(18)14(4)5/h8-10,13-14,19H,7,11-12H2,1-6H3. The molecule has 0 saturated heterocycles. The highest BCUT2D eigenvalue weighted by Crippen LogP contribution is 2.42. The maximum absolute atomic E-state index is 11.6. The van der Waals surface area contributed by atoms with E-state index in [0.29, 0.717) is 24.8 Å². The van der Waals surface area contributed by atoms with Gasteiger partial charge in [-0.05, 0) is 29.9 Å². The SMILES string of the molecule is CCOC(=O)CNP(COC)Oc1c(C(C)C)cccc1C(C)C. The molecule has 0 saturated carbocycles. The van der Waals surface area contributed by atoms with Gasteiger partial charge in [0.05, 0.1) is 6.61 Å². The monoisotopic (exact) mass is 355 g/mol. The molecule has 0 heterocycles. The van der Waals surface area contributed by atoms with E-state index in [2.05, 4.69) is 51.0 Å². The number of benzene rings is 1. The molecule has 5 nitrogen and oxygen atoms in total. The van der Waals surface area contributed by atoms with Crippen LogP contribution in [0.1, 0.15) is 57.6 Å². The van der Waals surface area contributed by atoms with E-state index in [0.717, 1.165) is 5.75 Å². The Morgan fingerprint density at radius 2 is 1.75 bits per heavy atom. The van der Waals surface area contributed by atoms with Crippen LogP contribution in [-0.2, 0) is 14.3 Å². The molecule has 1 atom stereocenters. The van der Waals surface area contributed by atoms with Crippen molar-refractivity contribution in [2.75, 3.05) is 26.6 Å². The van der Waals surface area contributed by atoms with Gasteiger partial charge in [-0.2, -0.15) is 0 Å². The molecule has 0 spiro atoms. The lowest BCUT2D eigenvalue weighted by Crippen LogP contribution is -2.24. The van der Waals surface area contributed by atoms with E-state index in [-0.39, 0.29) is 12.5 Å². The number of para-hydroxylation sites is 1. The van der Waals surface area contributed by atoms with Crippen LogP contribution in [-0.4, -0.2) is 32.6 Å². The number of carbonyl (C=O) groups is 1. The van der Waals surface area contributed by atoms with E-state index >= 15 is 0 Å². The van der Waals surface area contributed by atoms with Crippen LogP contribution in [0.25, 0.3) is 0 Å². The number of hydrogen-bond donors (Lipinski definition) is 1. The van der Waals surface area contributed by atoms with Gasteiger partial charge in [0, 0.05) is 7.11 Å². The zero-order valence-corrected chi connectivity index (χ0v) is 16.5. The minimum Gasteiger partial charge on any atom is -0.465 e. The van der Waals surface area contributed by atoms with Gasteiger partial charge in [-0.3, -0.25) is 9.88 Å². The topological polar surface area (TPSA) is 56.8 Å². The molecule has 0 aromatic heterocycles. The van der Waals surface area contributed by atoms with Gasteiger partial charge in [0.25, 0.3) is 0 Å². The van der Waals surface area contributed by atoms with Gasteiger partial charge in [-0.15, -0.1) is 0 Å². The Kier molecular flexibility index (Phi) is 9.27. The molecule has 0 aliphatic rings. The largest absolute Gasteiger partial charge is 0.465 e. The summed E-state index contributed by atoms with van der Waals surface area (Å²) in [7, 11) is 0.492. The fraction of sp³-hybridized carbons (Fsp3) is 0.611. The van der Waals surface area contributed by atoms with Gasteiger partial charge in [0.1, 0.15) is 18.6 Å². The third kappa shape index (κ3) is 6.39. The van der Waals surface area contributed by atoms with Crippen molar-refractivity contribution in [3.05, 3.63) is 29.3 Å². The van der Waals surface area contributed by atoms with Crippen molar-refractivity contribution in [1.82, 2.24) is 5.09 Å². The van der Waals surface area contributed by atoms with E-state index in [4.69, 9.17) is 14.0 Å². The van der Waals surface area contributed by atoms with Crippen molar-refractivity contribution >= 4 is 14.3 Å². The molecule has 24 heavy (non-hydrogen) atoms. The predicted octanol–water partition coefficient (Wildman–Crippen LogP) is 4.38. The molecule has 0 amide bonds. The van der Waals surface area contributed by atoms with E-state index in [9.17, 15) is 4.79 Å². The second kappa shape index (κ2) is 10.7. The van der Waals surface area contributed by atoms with Gasteiger partial charge >= 0.3 is 5.97 Å². The van der Waals surface area contributed by atoms with Gasteiger partial charge in [-0.1, -0.05) is 45.9 Å². The summed E-state index contributed by atoms with van der Waals surface area (Å²) >= 11 is 0. The van der Waals surface area contributed by atoms with E-state index in [1.54, 1.807) is 14.0 Å². The molecule has 0 bridgehead atoms. The molecule has 136 valence electrons. The van der Waals surface area contributed by atoms with Gasteiger partial charge in [0.15, 0.2) is 8.30 Å². The molecule has 0 fully saturated rings. The lowest BCUT2D eigenvalue weighted by Gasteiger charge is -2.24. The van der Waals surface area contributed by atoms with Crippen molar-refractivity contribution in [1.29, 1.82) is 0 Å². The van der Waals surface area contributed by atoms with Crippen LogP contribution in [0, 0.1) is 0 Å². The Morgan fingerprint density at radius 1 is 1.17 bits per heavy atom. The first-order chi connectivity index (χ1) is 11.4. The lowest BCUT2D eigenvalue weighted by atomic mass is 9.94. The predicted molar refractivity (Wildman–Crippen MR) is 98.7 cm³/mol. The van der Waals surface area contributed by atoms with Gasteiger partial charge in [0.2, 0.25) is 0 Å². The Labute approximate surface area is 147 Å². The fourth-order valence-electron chi connectivity index (χ4n) is 2.28. The van der Waals surface area contributed by atoms with Crippen LogP contribution in [0.15, 0.2) is 18.2 Å². The quantitative estimate of drug-likeness (QED) is 0.498. The Morgan fingerprint density at radius 3 is 2.21 bits per heavy atom. The molecule has 0 aliphatic carbocycles. The molecule has 1 unspecified atom stereocenters.